The van der Waals surface area contributed by atoms with Gasteiger partial charge in [0.05, 0.1) is 26.2 Å². The normalized spacial score (nSPS) is 14.5. The molecule has 0 aliphatic heterocycles. The molecule has 0 radical (unpaired) electrons. The summed E-state index contributed by atoms with van der Waals surface area (Å²) in [4.78, 5) is 0. The summed E-state index contributed by atoms with van der Waals surface area (Å²) in [6.07, 6.45) is -5.86. The second kappa shape index (κ2) is 16.0. The summed E-state index contributed by atoms with van der Waals surface area (Å²) in [5.74, 6) is -21.3. The first-order chi connectivity index (χ1) is 18.4. The molecule has 1 atom stereocenters. The van der Waals surface area contributed by atoms with Crippen LogP contribution >= 0.6 is 0 Å². The van der Waals surface area contributed by atoms with Gasteiger partial charge in [0, 0.05) is 6.42 Å². The molecule has 0 amide bonds. The second-order valence-corrected chi connectivity index (χ2v) is 10.4. The molecule has 0 aromatic carbocycles. The van der Waals surface area contributed by atoms with Crippen LogP contribution in [0, 0.1) is 0 Å². The molecule has 4 nitrogen and oxygen atoms in total. The van der Waals surface area contributed by atoms with Crippen molar-refractivity contribution in [2.24, 2.45) is 0 Å². The average molecular weight is 644 g/mol. The van der Waals surface area contributed by atoms with E-state index < -0.39 is 77.6 Å². The van der Waals surface area contributed by atoms with Crippen molar-refractivity contribution < 1.29 is 70.1 Å². The number of hydrogen-bond acceptors (Lipinski definition) is 3. The fourth-order valence-electron chi connectivity index (χ4n) is 3.47. The smallest absolute Gasteiger partial charge is 0.402 e. The maximum Gasteiger partial charge on any atom is 0.402 e. The summed E-state index contributed by atoms with van der Waals surface area (Å²) in [6.45, 7) is 18.8. The van der Waals surface area contributed by atoms with E-state index in [2.05, 4.69) is 26.3 Å². The van der Waals surface area contributed by atoms with Crippen LogP contribution in [0.25, 0.3) is 0 Å². The van der Waals surface area contributed by atoms with Gasteiger partial charge in [-0.2, -0.15) is 48.3 Å². The SMILES string of the molecule is C=CC[N+](CC=C)(CC=C)CC=C.O=S(=O)([O-])C(F)(F)C(F)(F)C(F)(F)C(F)(F)C(F)CCCCCCC(F)(F)F. The highest BCUT2D eigenvalue weighted by Gasteiger charge is 2.84. The number of hydrogen-bond donors (Lipinski definition) is 0. The summed E-state index contributed by atoms with van der Waals surface area (Å²) >= 11 is 0. The molecule has 1 unspecified atom stereocenters. The number of unbranched alkanes of at least 4 members (excludes halogenated alkanes) is 3. The summed E-state index contributed by atoms with van der Waals surface area (Å²) in [5, 5.41) is -7.18. The van der Waals surface area contributed by atoms with Crippen molar-refractivity contribution in [2.75, 3.05) is 26.2 Å². The standard InChI is InChI=1S/C12H14F12O3S.C12H20N/c13-7(5-3-1-2-4-6-8(14,15)16)9(17,18)10(19,20)11(21,22)12(23,24)28(25,26)27;1-5-9-13(10-6-2,11-7-3)12-8-4/h7H,1-6H2,(H,25,26,27);5-8H,1-4,9-12H2/q;+1/p-1. The molecule has 0 heterocycles. The Morgan fingerprint density at radius 2 is 1.02 bits per heavy atom. The molecular weight excluding hydrogens is 610 g/mol. The Kier molecular flexibility index (Phi) is 16.1. The molecule has 0 aromatic heterocycles. The van der Waals surface area contributed by atoms with E-state index in [1.54, 1.807) is 0 Å². The molecule has 0 fully saturated rings. The minimum Gasteiger partial charge on any atom is -0.743 e. The van der Waals surface area contributed by atoms with Gasteiger partial charge in [0.25, 0.3) is 0 Å². The van der Waals surface area contributed by atoms with Crippen LogP contribution in [0.3, 0.4) is 0 Å². The van der Waals surface area contributed by atoms with Crippen molar-refractivity contribution in [1.82, 2.24) is 0 Å². The highest BCUT2D eigenvalue weighted by atomic mass is 32.2. The van der Waals surface area contributed by atoms with E-state index in [1.807, 2.05) is 24.3 Å². The summed E-state index contributed by atoms with van der Waals surface area (Å²) in [5.41, 5.74) is 0. The Morgan fingerprint density at radius 1 is 0.659 bits per heavy atom. The number of alkyl halides is 12. The molecule has 0 rings (SSSR count). The maximum absolute atomic E-state index is 13.4. The molecule has 0 N–H and O–H groups in total. The predicted molar refractivity (Wildman–Crippen MR) is 129 cm³/mol. The third-order valence-corrected chi connectivity index (χ3v) is 6.50. The van der Waals surface area contributed by atoms with Gasteiger partial charge in [0.1, 0.15) is 0 Å². The first-order valence-corrected chi connectivity index (χ1v) is 13.2. The largest absolute Gasteiger partial charge is 0.743 e. The van der Waals surface area contributed by atoms with Gasteiger partial charge in [-0.05, 0) is 37.1 Å². The van der Waals surface area contributed by atoms with Crippen LogP contribution in [0.1, 0.15) is 38.5 Å². The molecule has 17 heteroatoms. The monoisotopic (exact) mass is 643 g/mol. The van der Waals surface area contributed by atoms with Gasteiger partial charge in [-0.3, -0.25) is 0 Å². The molecule has 0 spiro atoms. The molecule has 0 saturated heterocycles. The zero-order chi connectivity index (χ0) is 33.0. The lowest BCUT2D eigenvalue weighted by Gasteiger charge is -2.38. The van der Waals surface area contributed by atoms with E-state index in [1.165, 1.54) is 0 Å². The highest BCUT2D eigenvalue weighted by molar-refractivity contribution is 7.86. The molecule has 41 heavy (non-hydrogen) atoms. The Bertz CT molecular complexity index is 905. The van der Waals surface area contributed by atoms with Gasteiger partial charge in [0.15, 0.2) is 16.3 Å². The van der Waals surface area contributed by atoms with Crippen molar-refractivity contribution in [3.05, 3.63) is 50.6 Å². The van der Waals surface area contributed by atoms with E-state index in [4.69, 9.17) is 0 Å². The lowest BCUT2D eigenvalue weighted by Crippen LogP contribution is -2.66. The number of quaternary nitrogens is 1. The predicted octanol–water partition coefficient (Wildman–Crippen LogP) is 7.82. The third kappa shape index (κ3) is 11.3. The molecule has 242 valence electrons. The van der Waals surface area contributed by atoms with Crippen molar-refractivity contribution in [3.63, 3.8) is 0 Å². The summed E-state index contributed by atoms with van der Waals surface area (Å²) in [7, 11) is -7.53. The van der Waals surface area contributed by atoms with E-state index in [0.29, 0.717) is 0 Å². The molecule has 0 aliphatic rings. The maximum atomic E-state index is 13.4. The minimum atomic E-state index is -7.53. The molecule has 0 aromatic rings. The Morgan fingerprint density at radius 3 is 1.34 bits per heavy atom. The van der Waals surface area contributed by atoms with Crippen molar-refractivity contribution in [2.45, 2.75) is 73.9 Å². The van der Waals surface area contributed by atoms with Crippen LogP contribution in [0.15, 0.2) is 50.6 Å². The van der Waals surface area contributed by atoms with Crippen molar-refractivity contribution in [3.8, 4) is 0 Å². The fraction of sp³-hybridized carbons (Fsp3) is 0.667. The fourth-order valence-corrected chi connectivity index (χ4v) is 3.91. The van der Waals surface area contributed by atoms with Gasteiger partial charge in [-0.15, -0.1) is 0 Å². The van der Waals surface area contributed by atoms with Crippen LogP contribution in [0.5, 0.6) is 0 Å². The lowest BCUT2D eigenvalue weighted by atomic mass is 9.96. The van der Waals surface area contributed by atoms with E-state index in [9.17, 15) is 65.7 Å². The molecule has 0 bridgehead atoms. The summed E-state index contributed by atoms with van der Waals surface area (Å²) in [6, 6.07) is 0. The van der Waals surface area contributed by atoms with Gasteiger partial charge < -0.3 is 9.04 Å². The van der Waals surface area contributed by atoms with Crippen LogP contribution in [-0.2, 0) is 10.1 Å². The van der Waals surface area contributed by atoms with Crippen LogP contribution in [-0.4, -0.2) is 79.0 Å². The Balaban J connectivity index is 0. The topological polar surface area (TPSA) is 57.2 Å². The number of nitrogens with zero attached hydrogens (tertiary/aromatic N) is 1. The Labute approximate surface area is 231 Å². The van der Waals surface area contributed by atoms with Crippen LogP contribution < -0.4 is 0 Å². The van der Waals surface area contributed by atoms with Crippen LogP contribution in [0.2, 0.25) is 0 Å². The van der Waals surface area contributed by atoms with Gasteiger partial charge in [-0.1, -0.05) is 45.6 Å². The summed E-state index contributed by atoms with van der Waals surface area (Å²) < 4.78 is 185. The van der Waals surface area contributed by atoms with Crippen molar-refractivity contribution in [1.29, 1.82) is 0 Å². The van der Waals surface area contributed by atoms with Crippen LogP contribution in [0.4, 0.5) is 52.7 Å². The molecule has 0 saturated carbocycles. The van der Waals surface area contributed by atoms with Gasteiger partial charge in [-0.25, -0.2) is 12.8 Å². The van der Waals surface area contributed by atoms with Gasteiger partial charge >= 0.3 is 29.2 Å². The zero-order valence-electron chi connectivity index (χ0n) is 21.9. The first kappa shape index (κ1) is 41.1. The molecular formula is C24H33F12NO3S. The van der Waals surface area contributed by atoms with Gasteiger partial charge in [0.2, 0.25) is 0 Å². The highest BCUT2D eigenvalue weighted by Crippen LogP contribution is 2.55. The molecule has 0 aliphatic carbocycles. The quantitative estimate of drug-likeness (QED) is 0.0475. The minimum absolute atomic E-state index is 0.309. The first-order valence-electron chi connectivity index (χ1n) is 11.8. The number of rotatable bonds is 19. The zero-order valence-corrected chi connectivity index (χ0v) is 22.7. The van der Waals surface area contributed by atoms with E-state index >= 15 is 0 Å². The average Bonchev–Trinajstić information content (AvgIpc) is 2.80. The van der Waals surface area contributed by atoms with E-state index in [-0.39, 0.29) is 6.42 Å². The second-order valence-electron chi connectivity index (χ2n) is 9.00. The van der Waals surface area contributed by atoms with Crippen molar-refractivity contribution >= 4 is 10.1 Å². The van der Waals surface area contributed by atoms with E-state index in [0.717, 1.165) is 30.7 Å². The third-order valence-electron chi connectivity index (χ3n) is 5.62. The lowest BCUT2D eigenvalue weighted by molar-refractivity contribution is -0.906. The number of halogens is 12. The Hall–Kier alpha value is -2.01.